The molecule has 1 atom stereocenters. The van der Waals surface area contributed by atoms with Crippen LogP contribution in [0.2, 0.25) is 0 Å². The summed E-state index contributed by atoms with van der Waals surface area (Å²) in [5, 5.41) is 3.45. The van der Waals surface area contributed by atoms with Crippen LogP contribution in [0.25, 0.3) is 0 Å². The zero-order valence-corrected chi connectivity index (χ0v) is 12.0. The number of rotatable bonds is 7. The Balaban J connectivity index is 2.05. The van der Waals surface area contributed by atoms with Crippen LogP contribution >= 0.6 is 0 Å². The zero-order chi connectivity index (χ0) is 14.4. The first-order valence-corrected chi connectivity index (χ1v) is 7.00. The van der Waals surface area contributed by atoms with Crippen LogP contribution in [0.5, 0.6) is 0 Å². The summed E-state index contributed by atoms with van der Waals surface area (Å²) in [7, 11) is 1.99. The molecule has 0 aliphatic rings. The molecule has 20 heavy (non-hydrogen) atoms. The summed E-state index contributed by atoms with van der Waals surface area (Å²) in [5.74, 6) is 0.750. The van der Waals surface area contributed by atoms with Crippen molar-refractivity contribution in [3.63, 3.8) is 0 Å². The van der Waals surface area contributed by atoms with Gasteiger partial charge in [-0.05, 0) is 31.0 Å². The monoisotopic (exact) mass is 276 g/mol. The van der Waals surface area contributed by atoms with Gasteiger partial charge in [-0.15, -0.1) is 0 Å². The van der Waals surface area contributed by atoms with Gasteiger partial charge in [-0.3, -0.25) is 4.98 Å². The van der Waals surface area contributed by atoms with Gasteiger partial charge in [0.15, 0.2) is 0 Å². The van der Waals surface area contributed by atoms with Crippen LogP contribution in [0.1, 0.15) is 37.2 Å². The molecule has 0 aliphatic carbocycles. The van der Waals surface area contributed by atoms with Crippen molar-refractivity contribution in [3.05, 3.63) is 48.1 Å². The summed E-state index contributed by atoms with van der Waals surface area (Å²) in [6, 6.07) is 1.66. The first-order chi connectivity index (χ1) is 9.70. The highest BCUT2D eigenvalue weighted by atomic mass is 19.1. The van der Waals surface area contributed by atoms with Crippen molar-refractivity contribution in [2.45, 2.75) is 32.2 Å². The number of hydrogen-bond donors (Lipinski definition) is 1. The Bertz CT molecular complexity index is 538. The predicted molar refractivity (Wildman–Crippen MR) is 76.8 cm³/mol. The molecule has 5 heteroatoms. The third-order valence-electron chi connectivity index (χ3n) is 3.35. The number of nitrogens with zero attached hydrogens (tertiary/aromatic N) is 3. The fourth-order valence-corrected chi connectivity index (χ4v) is 2.23. The van der Waals surface area contributed by atoms with E-state index in [-0.39, 0.29) is 11.9 Å². The molecule has 4 nitrogen and oxygen atoms in total. The Morgan fingerprint density at radius 2 is 2.25 bits per heavy atom. The molecule has 0 saturated heterocycles. The number of imidazole rings is 1. The lowest BCUT2D eigenvalue weighted by molar-refractivity contribution is 0.486. The van der Waals surface area contributed by atoms with Gasteiger partial charge in [0.25, 0.3) is 0 Å². The normalized spacial score (nSPS) is 12.6. The summed E-state index contributed by atoms with van der Waals surface area (Å²) in [6.07, 6.45) is 9.47. The predicted octanol–water partition coefficient (Wildman–Crippen LogP) is 2.63. The molecular formula is C15H21FN4. The highest BCUT2D eigenvalue weighted by Gasteiger charge is 2.13. The number of aromatic nitrogens is 3. The summed E-state index contributed by atoms with van der Waals surface area (Å²) in [6.45, 7) is 3.02. The molecule has 108 valence electrons. The summed E-state index contributed by atoms with van der Waals surface area (Å²) < 4.78 is 15.3. The fourth-order valence-electron chi connectivity index (χ4n) is 2.23. The van der Waals surface area contributed by atoms with Gasteiger partial charge in [-0.1, -0.05) is 6.92 Å². The van der Waals surface area contributed by atoms with Gasteiger partial charge in [0.05, 0.1) is 6.20 Å². The highest BCUT2D eigenvalue weighted by molar-refractivity contribution is 5.15. The molecule has 2 heterocycles. The Labute approximate surface area is 119 Å². The Kier molecular flexibility index (Phi) is 5.24. The minimum absolute atomic E-state index is 0.106. The smallest absolute Gasteiger partial charge is 0.141 e. The van der Waals surface area contributed by atoms with Crippen molar-refractivity contribution >= 4 is 0 Å². The second-order valence-corrected chi connectivity index (χ2v) is 4.94. The molecule has 0 fully saturated rings. The topological polar surface area (TPSA) is 42.7 Å². The molecule has 0 aliphatic heterocycles. The van der Waals surface area contributed by atoms with E-state index in [9.17, 15) is 4.39 Å². The van der Waals surface area contributed by atoms with E-state index in [0.29, 0.717) is 0 Å². The molecule has 0 aromatic carbocycles. The van der Waals surface area contributed by atoms with E-state index in [1.165, 1.54) is 6.20 Å². The van der Waals surface area contributed by atoms with Crippen molar-refractivity contribution in [2.24, 2.45) is 7.05 Å². The molecule has 2 aromatic rings. The lowest BCUT2D eigenvalue weighted by atomic mass is 10.0. The largest absolute Gasteiger partial charge is 0.338 e. The number of halogens is 1. The molecule has 2 aromatic heterocycles. The van der Waals surface area contributed by atoms with Crippen molar-refractivity contribution in [1.82, 2.24) is 19.9 Å². The van der Waals surface area contributed by atoms with Gasteiger partial charge in [-0.25, -0.2) is 9.37 Å². The van der Waals surface area contributed by atoms with Crippen molar-refractivity contribution in [3.8, 4) is 0 Å². The van der Waals surface area contributed by atoms with E-state index in [1.54, 1.807) is 18.5 Å². The number of pyridine rings is 1. The standard InChI is InChI=1S/C15H21FN4/c1-3-6-18-14(12-9-13(16)11-17-10-12)4-5-15-19-7-8-20(15)2/h7-11,14,18H,3-6H2,1-2H3. The highest BCUT2D eigenvalue weighted by Crippen LogP contribution is 2.19. The Morgan fingerprint density at radius 1 is 1.40 bits per heavy atom. The second-order valence-electron chi connectivity index (χ2n) is 4.94. The van der Waals surface area contributed by atoms with Crippen LogP contribution in [0.15, 0.2) is 30.9 Å². The fraction of sp³-hybridized carbons (Fsp3) is 0.467. The van der Waals surface area contributed by atoms with Crippen LogP contribution in [-0.2, 0) is 13.5 Å². The summed E-state index contributed by atoms with van der Waals surface area (Å²) in [4.78, 5) is 8.26. The minimum Gasteiger partial charge on any atom is -0.338 e. The third-order valence-corrected chi connectivity index (χ3v) is 3.35. The Morgan fingerprint density at radius 3 is 2.90 bits per heavy atom. The van der Waals surface area contributed by atoms with Crippen LogP contribution in [-0.4, -0.2) is 21.1 Å². The maximum absolute atomic E-state index is 13.3. The first kappa shape index (κ1) is 14.7. The van der Waals surface area contributed by atoms with Crippen LogP contribution in [0.4, 0.5) is 4.39 Å². The maximum atomic E-state index is 13.3. The SMILES string of the molecule is CCCNC(CCc1nccn1C)c1cncc(F)c1. The molecule has 1 unspecified atom stereocenters. The van der Waals surface area contributed by atoms with Crippen LogP contribution in [0, 0.1) is 5.82 Å². The van der Waals surface area contributed by atoms with Gasteiger partial charge in [-0.2, -0.15) is 0 Å². The average molecular weight is 276 g/mol. The van der Waals surface area contributed by atoms with E-state index >= 15 is 0 Å². The van der Waals surface area contributed by atoms with E-state index in [0.717, 1.165) is 37.2 Å². The molecule has 0 amide bonds. The molecule has 2 rings (SSSR count). The van der Waals surface area contributed by atoms with Gasteiger partial charge in [0.2, 0.25) is 0 Å². The van der Waals surface area contributed by atoms with E-state index in [4.69, 9.17) is 0 Å². The second kappa shape index (κ2) is 7.14. The van der Waals surface area contributed by atoms with Gasteiger partial charge < -0.3 is 9.88 Å². The van der Waals surface area contributed by atoms with Gasteiger partial charge >= 0.3 is 0 Å². The first-order valence-electron chi connectivity index (χ1n) is 7.00. The minimum atomic E-state index is -0.289. The molecule has 0 saturated carbocycles. The van der Waals surface area contributed by atoms with Gasteiger partial charge in [0, 0.05) is 38.1 Å². The Hall–Kier alpha value is -1.75. The summed E-state index contributed by atoms with van der Waals surface area (Å²) >= 11 is 0. The molecular weight excluding hydrogens is 255 g/mol. The van der Waals surface area contributed by atoms with Gasteiger partial charge in [0.1, 0.15) is 11.6 Å². The van der Waals surface area contributed by atoms with Crippen LogP contribution < -0.4 is 5.32 Å². The van der Waals surface area contributed by atoms with Crippen molar-refractivity contribution < 1.29 is 4.39 Å². The lowest BCUT2D eigenvalue weighted by Crippen LogP contribution is -2.23. The van der Waals surface area contributed by atoms with E-state index in [1.807, 2.05) is 17.8 Å². The molecule has 0 bridgehead atoms. The van der Waals surface area contributed by atoms with Crippen LogP contribution in [0.3, 0.4) is 0 Å². The number of hydrogen-bond acceptors (Lipinski definition) is 3. The quantitative estimate of drug-likeness (QED) is 0.845. The van der Waals surface area contributed by atoms with E-state index < -0.39 is 0 Å². The zero-order valence-electron chi connectivity index (χ0n) is 12.0. The molecule has 0 radical (unpaired) electrons. The van der Waals surface area contributed by atoms with Crippen molar-refractivity contribution in [2.75, 3.05) is 6.54 Å². The lowest BCUT2D eigenvalue weighted by Gasteiger charge is -2.18. The maximum Gasteiger partial charge on any atom is 0.141 e. The number of aryl methyl sites for hydroxylation is 2. The average Bonchev–Trinajstić information content (AvgIpc) is 2.84. The number of nitrogens with one attached hydrogen (secondary N) is 1. The molecule has 0 spiro atoms. The third kappa shape index (κ3) is 3.87. The summed E-state index contributed by atoms with van der Waals surface area (Å²) in [5.41, 5.74) is 0.896. The molecule has 1 N–H and O–H groups in total. The van der Waals surface area contributed by atoms with Crippen molar-refractivity contribution in [1.29, 1.82) is 0 Å². The van der Waals surface area contributed by atoms with E-state index in [2.05, 4.69) is 22.2 Å².